The van der Waals surface area contributed by atoms with Crippen molar-refractivity contribution in [1.29, 1.82) is 5.26 Å². The van der Waals surface area contributed by atoms with Crippen LogP contribution in [0.15, 0.2) is 35.9 Å². The Balaban J connectivity index is 2.02. The predicted molar refractivity (Wildman–Crippen MR) is 69.8 cm³/mol. The van der Waals surface area contributed by atoms with Crippen LogP contribution in [0.1, 0.15) is 29.4 Å². The first-order valence-corrected chi connectivity index (χ1v) is 5.99. The molecule has 0 amide bonds. The summed E-state index contributed by atoms with van der Waals surface area (Å²) in [5.41, 5.74) is 5.22. The lowest BCUT2D eigenvalue weighted by Crippen LogP contribution is -2.03. The van der Waals surface area contributed by atoms with E-state index in [2.05, 4.69) is 36.3 Å². The van der Waals surface area contributed by atoms with Gasteiger partial charge in [0.15, 0.2) is 5.69 Å². The van der Waals surface area contributed by atoms with Gasteiger partial charge in [-0.05, 0) is 25.0 Å². The van der Waals surface area contributed by atoms with Crippen molar-refractivity contribution in [3.8, 4) is 6.07 Å². The highest BCUT2D eigenvalue weighted by Gasteiger charge is 2.21. The van der Waals surface area contributed by atoms with E-state index in [0.717, 1.165) is 17.7 Å². The zero-order valence-electron chi connectivity index (χ0n) is 10.2. The predicted octanol–water partition coefficient (Wildman–Crippen LogP) is 2.76. The maximum absolute atomic E-state index is 9.12. The lowest BCUT2D eigenvalue weighted by molar-refractivity contribution is 0.677. The molecule has 0 bridgehead atoms. The Morgan fingerprint density at radius 1 is 1.33 bits per heavy atom. The average molecular weight is 235 g/mol. The molecular weight excluding hydrogens is 222 g/mol. The summed E-state index contributed by atoms with van der Waals surface area (Å²) in [6.45, 7) is 2.81. The lowest BCUT2D eigenvalue weighted by atomic mass is 10.1. The molecule has 3 heteroatoms. The van der Waals surface area contributed by atoms with Crippen LogP contribution in [-0.2, 0) is 13.0 Å². The van der Waals surface area contributed by atoms with Crippen LogP contribution < -0.4 is 0 Å². The average Bonchev–Trinajstić information content (AvgIpc) is 2.90. The summed E-state index contributed by atoms with van der Waals surface area (Å²) >= 11 is 0. The molecule has 1 aromatic carbocycles. The van der Waals surface area contributed by atoms with Gasteiger partial charge >= 0.3 is 0 Å². The fourth-order valence-corrected chi connectivity index (χ4v) is 2.38. The second kappa shape index (κ2) is 4.15. The van der Waals surface area contributed by atoms with Gasteiger partial charge in [-0.25, -0.2) is 0 Å². The van der Waals surface area contributed by atoms with Crippen LogP contribution in [0.4, 0.5) is 0 Å². The van der Waals surface area contributed by atoms with Crippen molar-refractivity contribution in [2.75, 3.05) is 0 Å². The Bertz CT molecular complexity index is 657. The highest BCUT2D eigenvalue weighted by atomic mass is 15.3. The Labute approximate surface area is 106 Å². The van der Waals surface area contributed by atoms with Gasteiger partial charge in [0.2, 0.25) is 0 Å². The molecule has 1 aliphatic carbocycles. The van der Waals surface area contributed by atoms with Crippen LogP contribution in [0.25, 0.3) is 6.08 Å². The number of allylic oxidation sites excluding steroid dienone is 1. The van der Waals surface area contributed by atoms with Crippen LogP contribution in [0.2, 0.25) is 0 Å². The molecule has 88 valence electrons. The van der Waals surface area contributed by atoms with Crippen molar-refractivity contribution in [2.45, 2.75) is 19.9 Å². The van der Waals surface area contributed by atoms with Crippen molar-refractivity contribution in [1.82, 2.24) is 9.78 Å². The summed E-state index contributed by atoms with van der Waals surface area (Å²) < 4.78 is 1.93. The number of rotatable bonds is 2. The number of benzene rings is 1. The molecule has 2 aromatic rings. The number of hydrogen-bond acceptors (Lipinski definition) is 2. The fourth-order valence-electron chi connectivity index (χ4n) is 2.38. The highest BCUT2D eigenvalue weighted by Crippen LogP contribution is 2.27. The van der Waals surface area contributed by atoms with E-state index in [0.29, 0.717) is 12.2 Å². The second-order valence-corrected chi connectivity index (χ2v) is 4.63. The van der Waals surface area contributed by atoms with Gasteiger partial charge in [-0.15, -0.1) is 0 Å². The number of nitrogens with zero attached hydrogens (tertiary/aromatic N) is 3. The van der Waals surface area contributed by atoms with Crippen molar-refractivity contribution in [2.24, 2.45) is 0 Å². The van der Waals surface area contributed by atoms with Crippen molar-refractivity contribution in [3.05, 3.63) is 58.4 Å². The minimum absolute atomic E-state index is 0.564. The molecule has 0 unspecified atom stereocenters. The molecule has 0 aliphatic heterocycles. The lowest BCUT2D eigenvalue weighted by Gasteiger charge is -2.04. The minimum Gasteiger partial charge on any atom is -0.259 e. The molecule has 0 fully saturated rings. The van der Waals surface area contributed by atoms with Crippen LogP contribution >= 0.6 is 0 Å². The molecule has 0 saturated heterocycles. The smallest absolute Gasteiger partial charge is 0.166 e. The van der Waals surface area contributed by atoms with E-state index >= 15 is 0 Å². The third-order valence-corrected chi connectivity index (χ3v) is 3.21. The van der Waals surface area contributed by atoms with E-state index in [4.69, 9.17) is 5.26 Å². The summed E-state index contributed by atoms with van der Waals surface area (Å²) in [6, 6.07) is 12.4. The van der Waals surface area contributed by atoms with Crippen LogP contribution in [-0.4, -0.2) is 9.78 Å². The number of nitriles is 1. The Morgan fingerprint density at radius 3 is 2.83 bits per heavy atom. The number of aromatic nitrogens is 2. The Morgan fingerprint density at radius 2 is 2.11 bits per heavy atom. The number of hydrogen-bond donors (Lipinski definition) is 0. The standard InChI is InChI=1S/C15H13N3/c1-11-7-13-14(9-16)17-18(15(13)8-11)10-12-5-3-2-4-6-12/h2-6,8H,7,10H2,1H3. The van der Waals surface area contributed by atoms with Crippen LogP contribution in [0.5, 0.6) is 0 Å². The first kappa shape index (κ1) is 10.8. The van der Waals surface area contributed by atoms with Crippen LogP contribution in [0, 0.1) is 11.3 Å². The van der Waals surface area contributed by atoms with Crippen molar-refractivity contribution in [3.63, 3.8) is 0 Å². The van der Waals surface area contributed by atoms with Crippen molar-refractivity contribution < 1.29 is 0 Å². The van der Waals surface area contributed by atoms with Gasteiger partial charge in [0, 0.05) is 5.56 Å². The zero-order chi connectivity index (χ0) is 12.5. The molecule has 1 aliphatic rings. The third kappa shape index (κ3) is 1.72. The van der Waals surface area contributed by atoms with Gasteiger partial charge in [-0.2, -0.15) is 10.4 Å². The quantitative estimate of drug-likeness (QED) is 0.803. The molecule has 18 heavy (non-hydrogen) atoms. The summed E-state index contributed by atoms with van der Waals surface area (Å²) in [7, 11) is 0. The van der Waals surface area contributed by atoms with E-state index in [9.17, 15) is 0 Å². The zero-order valence-corrected chi connectivity index (χ0v) is 10.2. The van der Waals surface area contributed by atoms with E-state index in [1.165, 1.54) is 11.1 Å². The summed E-state index contributed by atoms with van der Waals surface area (Å²) in [4.78, 5) is 0. The molecule has 0 spiro atoms. The molecule has 0 atom stereocenters. The van der Waals surface area contributed by atoms with Gasteiger partial charge in [0.05, 0.1) is 12.2 Å². The van der Waals surface area contributed by atoms with E-state index in [-0.39, 0.29) is 0 Å². The largest absolute Gasteiger partial charge is 0.259 e. The van der Waals surface area contributed by atoms with Crippen molar-refractivity contribution >= 4 is 6.08 Å². The second-order valence-electron chi connectivity index (χ2n) is 4.63. The van der Waals surface area contributed by atoms with Gasteiger partial charge in [0.25, 0.3) is 0 Å². The van der Waals surface area contributed by atoms with E-state index < -0.39 is 0 Å². The van der Waals surface area contributed by atoms with E-state index in [1.807, 2.05) is 22.9 Å². The summed E-state index contributed by atoms with van der Waals surface area (Å²) in [6.07, 6.45) is 2.99. The maximum atomic E-state index is 9.12. The first-order chi connectivity index (χ1) is 8.78. The first-order valence-electron chi connectivity index (χ1n) is 5.99. The monoisotopic (exact) mass is 235 g/mol. The Hall–Kier alpha value is -2.34. The summed E-state index contributed by atoms with van der Waals surface area (Å²) in [5.74, 6) is 0. The maximum Gasteiger partial charge on any atom is 0.166 e. The topological polar surface area (TPSA) is 41.6 Å². The molecular formula is C15H13N3. The molecule has 1 aromatic heterocycles. The van der Waals surface area contributed by atoms with Gasteiger partial charge in [-0.1, -0.05) is 35.9 Å². The highest BCUT2D eigenvalue weighted by molar-refractivity contribution is 5.63. The van der Waals surface area contributed by atoms with Gasteiger partial charge in [0.1, 0.15) is 6.07 Å². The van der Waals surface area contributed by atoms with Crippen LogP contribution in [0.3, 0.4) is 0 Å². The molecule has 3 nitrogen and oxygen atoms in total. The molecule has 3 rings (SSSR count). The molecule has 0 radical (unpaired) electrons. The summed E-state index contributed by atoms with van der Waals surface area (Å²) in [5, 5.41) is 13.5. The molecule has 1 heterocycles. The van der Waals surface area contributed by atoms with Gasteiger partial charge < -0.3 is 0 Å². The Kier molecular flexibility index (Phi) is 2.49. The number of fused-ring (bicyclic) bond motifs is 1. The SMILES string of the molecule is CC1=Cc2c(c(C#N)nn2Cc2ccccc2)C1. The molecule has 0 N–H and O–H groups in total. The minimum atomic E-state index is 0.564. The normalized spacial score (nSPS) is 13.0. The van der Waals surface area contributed by atoms with Gasteiger partial charge in [-0.3, -0.25) is 4.68 Å². The third-order valence-electron chi connectivity index (χ3n) is 3.21. The fraction of sp³-hybridized carbons (Fsp3) is 0.200. The van der Waals surface area contributed by atoms with E-state index in [1.54, 1.807) is 0 Å². The molecule has 0 saturated carbocycles.